The number of alkyl halides is 3. The topological polar surface area (TPSA) is 50.2 Å². The third-order valence-electron chi connectivity index (χ3n) is 3.43. The van der Waals surface area contributed by atoms with Crippen molar-refractivity contribution in [3.05, 3.63) is 17.5 Å². The number of rotatable bonds is 8. The summed E-state index contributed by atoms with van der Waals surface area (Å²) in [5.74, 6) is -0.334. The van der Waals surface area contributed by atoms with Crippen molar-refractivity contribution in [2.75, 3.05) is 26.2 Å². The lowest BCUT2D eigenvalue weighted by molar-refractivity contribution is -0.141. The van der Waals surface area contributed by atoms with Crippen molar-refractivity contribution >= 4 is 5.91 Å². The van der Waals surface area contributed by atoms with Gasteiger partial charge in [0.25, 0.3) is 0 Å². The number of nitrogens with one attached hydrogen (secondary N) is 1. The van der Waals surface area contributed by atoms with Crippen molar-refractivity contribution in [2.45, 2.75) is 39.9 Å². The fourth-order valence-corrected chi connectivity index (χ4v) is 2.07. The Kier molecular flexibility index (Phi) is 6.86. The number of carbonyl (C=O) groups excluding carboxylic acids is 1. The van der Waals surface area contributed by atoms with E-state index in [1.165, 1.54) is 6.92 Å². The first kappa shape index (κ1) is 18.5. The standard InChI is InChI=1S/C14H23F3N4O/c1-4-20(5-2)8-6-7-18-13(22)10-21-11(3)9-12(19-21)14(15,16)17/h9H,4-8,10H2,1-3H3,(H,18,22). The average molecular weight is 320 g/mol. The van der Waals surface area contributed by atoms with Crippen LogP contribution in [0.4, 0.5) is 13.2 Å². The second-order valence-electron chi connectivity index (χ2n) is 5.06. The lowest BCUT2D eigenvalue weighted by Gasteiger charge is -2.17. The van der Waals surface area contributed by atoms with Gasteiger partial charge in [-0.3, -0.25) is 9.48 Å². The predicted octanol–water partition coefficient (Wildman–Crippen LogP) is 2.06. The smallest absolute Gasteiger partial charge is 0.354 e. The first-order valence-electron chi connectivity index (χ1n) is 7.38. The molecule has 126 valence electrons. The number of aromatic nitrogens is 2. The molecule has 1 N–H and O–H groups in total. The van der Waals surface area contributed by atoms with E-state index in [9.17, 15) is 18.0 Å². The van der Waals surface area contributed by atoms with Crippen molar-refractivity contribution in [1.29, 1.82) is 0 Å². The van der Waals surface area contributed by atoms with E-state index in [0.29, 0.717) is 12.2 Å². The Morgan fingerprint density at radius 3 is 2.50 bits per heavy atom. The Hall–Kier alpha value is -1.57. The van der Waals surface area contributed by atoms with Crippen LogP contribution < -0.4 is 5.32 Å². The molecule has 1 aromatic heterocycles. The fourth-order valence-electron chi connectivity index (χ4n) is 2.07. The van der Waals surface area contributed by atoms with E-state index >= 15 is 0 Å². The summed E-state index contributed by atoms with van der Waals surface area (Å²) in [5.41, 5.74) is -0.662. The molecule has 0 unspecified atom stereocenters. The van der Waals surface area contributed by atoms with Gasteiger partial charge < -0.3 is 10.2 Å². The van der Waals surface area contributed by atoms with Crippen molar-refractivity contribution in [3.8, 4) is 0 Å². The Balaban J connectivity index is 2.41. The van der Waals surface area contributed by atoms with Gasteiger partial charge in [-0.15, -0.1) is 0 Å². The summed E-state index contributed by atoms with van der Waals surface area (Å²) < 4.78 is 38.7. The molecule has 0 spiro atoms. The Bertz CT molecular complexity index is 481. The summed E-state index contributed by atoms with van der Waals surface area (Å²) >= 11 is 0. The molecule has 0 aliphatic carbocycles. The third-order valence-corrected chi connectivity index (χ3v) is 3.43. The van der Waals surface area contributed by atoms with Crippen LogP contribution in [0, 0.1) is 6.92 Å². The second-order valence-corrected chi connectivity index (χ2v) is 5.06. The largest absolute Gasteiger partial charge is 0.435 e. The highest BCUT2D eigenvalue weighted by molar-refractivity contribution is 5.75. The lowest BCUT2D eigenvalue weighted by atomic mass is 10.3. The van der Waals surface area contributed by atoms with Crippen LogP contribution in [0.25, 0.3) is 0 Å². The van der Waals surface area contributed by atoms with Gasteiger partial charge in [0.15, 0.2) is 5.69 Å². The molecule has 0 saturated carbocycles. The summed E-state index contributed by atoms with van der Waals surface area (Å²) in [4.78, 5) is 14.0. The van der Waals surface area contributed by atoms with Crippen LogP contribution in [-0.2, 0) is 17.5 Å². The van der Waals surface area contributed by atoms with Crippen LogP contribution in [0.5, 0.6) is 0 Å². The van der Waals surface area contributed by atoms with E-state index in [-0.39, 0.29) is 12.5 Å². The second kappa shape index (κ2) is 8.17. The van der Waals surface area contributed by atoms with Gasteiger partial charge in [0, 0.05) is 12.2 Å². The van der Waals surface area contributed by atoms with E-state index < -0.39 is 11.9 Å². The number of aryl methyl sites for hydroxylation is 1. The molecule has 1 aromatic rings. The minimum absolute atomic E-state index is 0.201. The quantitative estimate of drug-likeness (QED) is 0.746. The average Bonchev–Trinajstić information content (AvgIpc) is 2.80. The van der Waals surface area contributed by atoms with Crippen LogP contribution in [0.2, 0.25) is 0 Å². The number of carbonyl (C=O) groups is 1. The number of halogens is 3. The van der Waals surface area contributed by atoms with Gasteiger partial charge in [-0.2, -0.15) is 18.3 Å². The van der Waals surface area contributed by atoms with Crippen LogP contribution >= 0.6 is 0 Å². The van der Waals surface area contributed by atoms with Gasteiger partial charge in [-0.25, -0.2) is 0 Å². The molecule has 0 fully saturated rings. The van der Waals surface area contributed by atoms with Crippen LogP contribution in [0.3, 0.4) is 0 Å². The zero-order chi connectivity index (χ0) is 16.8. The van der Waals surface area contributed by atoms with Crippen molar-refractivity contribution in [2.24, 2.45) is 0 Å². The molecule has 0 aliphatic rings. The normalized spacial score (nSPS) is 12.0. The molecule has 0 saturated heterocycles. The van der Waals surface area contributed by atoms with Gasteiger partial charge in [-0.1, -0.05) is 13.8 Å². The molecule has 1 rings (SSSR count). The highest BCUT2D eigenvalue weighted by Gasteiger charge is 2.34. The van der Waals surface area contributed by atoms with Crippen LogP contribution in [-0.4, -0.2) is 46.8 Å². The maximum Gasteiger partial charge on any atom is 0.435 e. The van der Waals surface area contributed by atoms with Gasteiger partial charge >= 0.3 is 6.18 Å². The van der Waals surface area contributed by atoms with Gasteiger partial charge in [0.05, 0.1) is 0 Å². The van der Waals surface area contributed by atoms with Crippen molar-refractivity contribution < 1.29 is 18.0 Å². The molecule has 5 nitrogen and oxygen atoms in total. The predicted molar refractivity (Wildman–Crippen MR) is 77.4 cm³/mol. The number of amides is 1. The fraction of sp³-hybridized carbons (Fsp3) is 0.714. The third kappa shape index (κ3) is 5.67. The Labute approximate surface area is 128 Å². The highest BCUT2D eigenvalue weighted by atomic mass is 19.4. The molecule has 0 aliphatic heterocycles. The molecular weight excluding hydrogens is 297 g/mol. The van der Waals surface area contributed by atoms with Gasteiger partial charge in [-0.05, 0) is 39.0 Å². The SMILES string of the molecule is CCN(CC)CCCNC(=O)Cn1nc(C(F)(F)F)cc1C. The molecule has 0 atom stereocenters. The molecule has 22 heavy (non-hydrogen) atoms. The van der Waals surface area contributed by atoms with Crippen molar-refractivity contribution in [3.63, 3.8) is 0 Å². The molecule has 0 aromatic carbocycles. The molecule has 0 bridgehead atoms. The number of hydrogen-bond donors (Lipinski definition) is 1. The van der Waals surface area contributed by atoms with Gasteiger partial charge in [0.1, 0.15) is 6.54 Å². The molecule has 1 heterocycles. The maximum absolute atomic E-state index is 12.5. The highest BCUT2D eigenvalue weighted by Crippen LogP contribution is 2.28. The molecular formula is C14H23F3N4O. The van der Waals surface area contributed by atoms with Gasteiger partial charge in [0.2, 0.25) is 5.91 Å². The van der Waals surface area contributed by atoms with Crippen LogP contribution in [0.1, 0.15) is 31.7 Å². The first-order chi connectivity index (χ1) is 10.3. The molecule has 8 heteroatoms. The molecule has 1 amide bonds. The summed E-state index contributed by atoms with van der Waals surface area (Å²) in [6.45, 7) is 8.73. The van der Waals surface area contributed by atoms with Crippen LogP contribution in [0.15, 0.2) is 6.07 Å². The lowest BCUT2D eigenvalue weighted by Crippen LogP contribution is -2.32. The minimum Gasteiger partial charge on any atom is -0.354 e. The minimum atomic E-state index is -4.49. The van der Waals surface area contributed by atoms with Crippen molar-refractivity contribution in [1.82, 2.24) is 20.0 Å². The summed E-state index contributed by atoms with van der Waals surface area (Å²) in [6.07, 6.45) is -3.68. The first-order valence-corrected chi connectivity index (χ1v) is 7.38. The summed E-state index contributed by atoms with van der Waals surface area (Å²) in [7, 11) is 0. The molecule has 0 radical (unpaired) electrons. The zero-order valence-corrected chi connectivity index (χ0v) is 13.2. The Morgan fingerprint density at radius 1 is 1.36 bits per heavy atom. The summed E-state index contributed by atoms with van der Waals surface area (Å²) in [5, 5.41) is 6.13. The monoisotopic (exact) mass is 320 g/mol. The number of hydrogen-bond acceptors (Lipinski definition) is 3. The number of nitrogens with zero attached hydrogens (tertiary/aromatic N) is 3. The van der Waals surface area contributed by atoms with E-state index in [0.717, 1.165) is 36.8 Å². The van der Waals surface area contributed by atoms with E-state index in [2.05, 4.69) is 29.2 Å². The Morgan fingerprint density at radius 2 is 2.00 bits per heavy atom. The zero-order valence-electron chi connectivity index (χ0n) is 13.2. The summed E-state index contributed by atoms with van der Waals surface area (Å²) in [6, 6.07) is 0.938. The van der Waals surface area contributed by atoms with E-state index in [1.54, 1.807) is 0 Å². The van der Waals surface area contributed by atoms with E-state index in [1.807, 2.05) is 0 Å². The maximum atomic E-state index is 12.5. The van der Waals surface area contributed by atoms with E-state index in [4.69, 9.17) is 0 Å².